The van der Waals surface area contributed by atoms with Gasteiger partial charge in [-0.25, -0.2) is 9.18 Å². The van der Waals surface area contributed by atoms with Gasteiger partial charge in [0.25, 0.3) is 0 Å². The highest BCUT2D eigenvalue weighted by Crippen LogP contribution is 2.28. The van der Waals surface area contributed by atoms with Gasteiger partial charge in [0.1, 0.15) is 23.3 Å². The molecule has 8 heteroatoms. The number of halogens is 1. The summed E-state index contributed by atoms with van der Waals surface area (Å²) in [6.07, 6.45) is 5.92. The van der Waals surface area contributed by atoms with E-state index in [1.54, 1.807) is 23.2 Å². The van der Waals surface area contributed by atoms with Gasteiger partial charge in [-0.1, -0.05) is 18.2 Å². The van der Waals surface area contributed by atoms with E-state index in [9.17, 15) is 14.4 Å². The van der Waals surface area contributed by atoms with Gasteiger partial charge in [-0.15, -0.1) is 0 Å². The summed E-state index contributed by atoms with van der Waals surface area (Å²) in [4.78, 5) is 24.2. The number of H-pyrrole nitrogens is 1. The van der Waals surface area contributed by atoms with Crippen molar-refractivity contribution in [2.24, 2.45) is 0 Å². The average molecular weight is 488 g/mol. The van der Waals surface area contributed by atoms with E-state index in [1.807, 2.05) is 51.1 Å². The summed E-state index contributed by atoms with van der Waals surface area (Å²) in [5, 5.41) is 9.80. The average Bonchev–Trinajstić information content (AvgIpc) is 3.12. The SMILES string of the molecule is CC(C)(C)OC(=O)N1CCCN(c2[nH]c(-c3ccnc(/C=C/c4ccc(F)cc4)c3)cc2C#N)CC1. The van der Waals surface area contributed by atoms with Gasteiger partial charge in [0.2, 0.25) is 0 Å². The summed E-state index contributed by atoms with van der Waals surface area (Å²) < 4.78 is 18.7. The van der Waals surface area contributed by atoms with Crippen molar-refractivity contribution in [3.05, 3.63) is 71.3 Å². The standard InChI is InChI=1S/C28H30FN5O2/c1-28(2,3)36-27(35)34-14-4-13-33(15-16-34)26-22(19-30)18-25(32-26)21-11-12-31-24(17-21)10-7-20-5-8-23(29)9-6-20/h5-12,17-18,32H,4,13-16H2,1-3H3/b10-7+. The zero-order valence-corrected chi connectivity index (χ0v) is 20.8. The van der Waals surface area contributed by atoms with Gasteiger partial charge >= 0.3 is 6.09 Å². The number of carbonyl (C=O) groups is 1. The van der Waals surface area contributed by atoms with Gasteiger partial charge in [-0.3, -0.25) is 4.98 Å². The molecule has 3 heterocycles. The first-order valence-corrected chi connectivity index (χ1v) is 12.0. The maximum absolute atomic E-state index is 13.1. The van der Waals surface area contributed by atoms with Crippen LogP contribution in [0.25, 0.3) is 23.4 Å². The van der Waals surface area contributed by atoms with Crippen molar-refractivity contribution in [2.45, 2.75) is 32.8 Å². The summed E-state index contributed by atoms with van der Waals surface area (Å²) >= 11 is 0. The smallest absolute Gasteiger partial charge is 0.410 e. The quantitative estimate of drug-likeness (QED) is 0.510. The number of aromatic amines is 1. The highest BCUT2D eigenvalue weighted by Gasteiger charge is 2.26. The van der Waals surface area contributed by atoms with Crippen LogP contribution in [0.2, 0.25) is 0 Å². The van der Waals surface area contributed by atoms with Crippen molar-refractivity contribution in [3.63, 3.8) is 0 Å². The number of hydrogen-bond acceptors (Lipinski definition) is 5. The lowest BCUT2D eigenvalue weighted by atomic mass is 10.1. The molecule has 4 rings (SSSR count). The Bertz CT molecular complexity index is 1280. The third-order valence-electron chi connectivity index (χ3n) is 5.79. The lowest BCUT2D eigenvalue weighted by Crippen LogP contribution is -2.39. The third-order valence-corrected chi connectivity index (χ3v) is 5.79. The molecular weight excluding hydrogens is 457 g/mol. The zero-order valence-electron chi connectivity index (χ0n) is 20.8. The molecular formula is C28H30FN5O2. The molecule has 0 atom stereocenters. The number of pyridine rings is 1. The second-order valence-corrected chi connectivity index (χ2v) is 9.72. The molecule has 1 aliphatic heterocycles. The van der Waals surface area contributed by atoms with Gasteiger partial charge in [0.05, 0.1) is 11.3 Å². The third kappa shape index (κ3) is 6.30. The van der Waals surface area contributed by atoms with Crippen molar-refractivity contribution in [2.75, 3.05) is 31.1 Å². The van der Waals surface area contributed by atoms with Crippen molar-refractivity contribution in [1.29, 1.82) is 5.26 Å². The Balaban J connectivity index is 1.50. The normalized spacial score (nSPS) is 14.5. The number of amides is 1. The van der Waals surface area contributed by atoms with E-state index in [4.69, 9.17) is 4.74 Å². The van der Waals surface area contributed by atoms with Gasteiger partial charge in [0.15, 0.2) is 0 Å². The molecule has 1 saturated heterocycles. The minimum Gasteiger partial charge on any atom is -0.444 e. The molecule has 1 aromatic carbocycles. The maximum Gasteiger partial charge on any atom is 0.410 e. The predicted molar refractivity (Wildman–Crippen MR) is 139 cm³/mol. The van der Waals surface area contributed by atoms with E-state index < -0.39 is 5.60 Å². The fourth-order valence-electron chi connectivity index (χ4n) is 4.05. The summed E-state index contributed by atoms with van der Waals surface area (Å²) in [5.41, 5.74) is 3.35. The van der Waals surface area contributed by atoms with Crippen molar-refractivity contribution in [3.8, 4) is 17.3 Å². The number of nitriles is 1. The van der Waals surface area contributed by atoms with Crippen LogP contribution in [-0.2, 0) is 4.74 Å². The predicted octanol–water partition coefficient (Wildman–Crippen LogP) is 5.71. The minimum atomic E-state index is -0.539. The number of nitrogens with zero attached hydrogens (tertiary/aromatic N) is 4. The molecule has 2 aromatic heterocycles. The second kappa shape index (κ2) is 10.6. The van der Waals surface area contributed by atoms with Crippen LogP contribution in [-0.4, -0.2) is 52.7 Å². The van der Waals surface area contributed by atoms with Crippen molar-refractivity contribution >= 4 is 24.1 Å². The van der Waals surface area contributed by atoms with Crippen molar-refractivity contribution < 1.29 is 13.9 Å². The highest BCUT2D eigenvalue weighted by molar-refractivity contribution is 5.74. The van der Waals surface area contributed by atoms with Crippen LogP contribution in [0.3, 0.4) is 0 Å². The Morgan fingerprint density at radius 1 is 1.11 bits per heavy atom. The van der Waals surface area contributed by atoms with Crippen LogP contribution in [0.15, 0.2) is 48.7 Å². The Kier molecular flexibility index (Phi) is 7.39. The number of ether oxygens (including phenoxy) is 1. The molecule has 1 fully saturated rings. The van der Waals surface area contributed by atoms with Crippen LogP contribution < -0.4 is 4.90 Å². The van der Waals surface area contributed by atoms with Gasteiger partial charge in [0, 0.05) is 43.6 Å². The van der Waals surface area contributed by atoms with Crippen LogP contribution in [0.4, 0.5) is 15.0 Å². The van der Waals surface area contributed by atoms with E-state index in [-0.39, 0.29) is 11.9 Å². The Labute approximate surface area is 210 Å². The number of carbonyl (C=O) groups excluding carboxylic acids is 1. The summed E-state index contributed by atoms with van der Waals surface area (Å²) in [7, 11) is 0. The molecule has 0 aliphatic carbocycles. The fourth-order valence-corrected chi connectivity index (χ4v) is 4.05. The molecule has 0 radical (unpaired) electrons. The minimum absolute atomic E-state index is 0.273. The molecule has 7 nitrogen and oxygen atoms in total. The number of rotatable bonds is 4. The first kappa shape index (κ1) is 25.0. The first-order valence-electron chi connectivity index (χ1n) is 12.0. The Hall–Kier alpha value is -4.12. The number of hydrogen-bond donors (Lipinski definition) is 1. The van der Waals surface area contributed by atoms with Crippen LogP contribution in [0.1, 0.15) is 44.0 Å². The second-order valence-electron chi connectivity index (χ2n) is 9.72. The lowest BCUT2D eigenvalue weighted by molar-refractivity contribution is 0.0263. The highest BCUT2D eigenvalue weighted by atomic mass is 19.1. The summed E-state index contributed by atoms with van der Waals surface area (Å²) in [5.74, 6) is 0.476. The van der Waals surface area contributed by atoms with Gasteiger partial charge in [-0.2, -0.15) is 5.26 Å². The number of benzene rings is 1. The Morgan fingerprint density at radius 3 is 2.61 bits per heavy atom. The summed E-state index contributed by atoms with van der Waals surface area (Å²) in [6, 6.07) is 14.2. The number of anilines is 1. The van der Waals surface area contributed by atoms with Crippen LogP contribution in [0, 0.1) is 17.1 Å². The Morgan fingerprint density at radius 2 is 1.89 bits per heavy atom. The fraction of sp³-hybridized carbons (Fsp3) is 0.321. The molecule has 36 heavy (non-hydrogen) atoms. The van der Waals surface area contributed by atoms with E-state index in [1.165, 1.54) is 12.1 Å². The lowest BCUT2D eigenvalue weighted by Gasteiger charge is -2.26. The molecule has 186 valence electrons. The molecule has 0 spiro atoms. The monoisotopic (exact) mass is 487 g/mol. The van der Waals surface area contributed by atoms with E-state index in [0.29, 0.717) is 25.2 Å². The molecule has 1 N–H and O–H groups in total. The van der Waals surface area contributed by atoms with E-state index in [2.05, 4.69) is 20.9 Å². The first-order chi connectivity index (χ1) is 17.2. The number of nitrogens with one attached hydrogen (secondary N) is 1. The topological polar surface area (TPSA) is 85.2 Å². The zero-order chi connectivity index (χ0) is 25.7. The largest absolute Gasteiger partial charge is 0.444 e. The molecule has 3 aromatic rings. The maximum atomic E-state index is 13.1. The molecule has 0 saturated carbocycles. The van der Waals surface area contributed by atoms with Gasteiger partial charge < -0.3 is 19.5 Å². The van der Waals surface area contributed by atoms with E-state index in [0.717, 1.165) is 41.3 Å². The molecule has 0 unspecified atom stereocenters. The molecule has 1 amide bonds. The van der Waals surface area contributed by atoms with Crippen molar-refractivity contribution in [1.82, 2.24) is 14.9 Å². The van der Waals surface area contributed by atoms with Crippen LogP contribution in [0.5, 0.6) is 0 Å². The van der Waals surface area contributed by atoms with Crippen LogP contribution >= 0.6 is 0 Å². The number of aromatic nitrogens is 2. The molecule has 1 aliphatic rings. The molecule has 0 bridgehead atoms. The van der Waals surface area contributed by atoms with Gasteiger partial charge in [-0.05, 0) is 69.2 Å². The summed E-state index contributed by atoms with van der Waals surface area (Å²) in [6.45, 7) is 8.01. The van der Waals surface area contributed by atoms with E-state index >= 15 is 0 Å².